The van der Waals surface area contributed by atoms with Gasteiger partial charge in [0.05, 0.1) is 5.69 Å². The lowest BCUT2D eigenvalue weighted by molar-refractivity contribution is 0.444. The number of anilines is 1. The van der Waals surface area contributed by atoms with E-state index in [4.69, 9.17) is 4.74 Å². The molecule has 0 fully saturated rings. The first kappa shape index (κ1) is 18.8. The summed E-state index contributed by atoms with van der Waals surface area (Å²) in [5.74, 6) is 0.940. The molecule has 0 saturated heterocycles. The summed E-state index contributed by atoms with van der Waals surface area (Å²) in [5, 5.41) is 8.75. The second-order valence-corrected chi connectivity index (χ2v) is 6.66. The van der Waals surface area contributed by atoms with E-state index in [0.29, 0.717) is 28.1 Å². The molecule has 1 aromatic heterocycles. The zero-order chi connectivity index (χ0) is 19.2. The molecule has 0 radical (unpaired) electrons. The van der Waals surface area contributed by atoms with Crippen molar-refractivity contribution in [1.82, 2.24) is 10.3 Å². The maximum absolute atomic E-state index is 14.5. The van der Waals surface area contributed by atoms with Crippen LogP contribution in [0.2, 0.25) is 0 Å². The van der Waals surface area contributed by atoms with Gasteiger partial charge in [-0.2, -0.15) is 0 Å². The molecule has 5 nitrogen and oxygen atoms in total. The molecule has 0 unspecified atom stereocenters. The van der Waals surface area contributed by atoms with E-state index in [1.165, 1.54) is 17.4 Å². The highest BCUT2D eigenvalue weighted by Crippen LogP contribution is 2.36. The van der Waals surface area contributed by atoms with Crippen LogP contribution in [-0.4, -0.2) is 24.5 Å². The van der Waals surface area contributed by atoms with Gasteiger partial charge in [-0.25, -0.2) is 9.37 Å². The van der Waals surface area contributed by atoms with Gasteiger partial charge in [-0.15, -0.1) is 11.3 Å². The summed E-state index contributed by atoms with van der Waals surface area (Å²) in [7, 11) is 1.69. The standard InChI is InChI=1S/C20H21FN4OS/c1-4-23-19(22-3)25-20-24-17(12-27-20)15-6-5-7-16(21)18(15)26-14-10-8-13(2)9-11-14/h5-12H,4H2,1-3H3,(H2,22,23,24,25). The van der Waals surface area contributed by atoms with Gasteiger partial charge in [-0.05, 0) is 38.1 Å². The van der Waals surface area contributed by atoms with Crippen molar-refractivity contribution in [2.24, 2.45) is 4.99 Å². The highest BCUT2D eigenvalue weighted by atomic mass is 32.1. The number of thiazole rings is 1. The number of aromatic nitrogens is 1. The van der Waals surface area contributed by atoms with Crippen LogP contribution < -0.4 is 15.4 Å². The molecule has 2 N–H and O–H groups in total. The van der Waals surface area contributed by atoms with Crippen molar-refractivity contribution in [2.45, 2.75) is 13.8 Å². The summed E-state index contributed by atoms with van der Waals surface area (Å²) in [6.45, 7) is 4.72. The summed E-state index contributed by atoms with van der Waals surface area (Å²) >= 11 is 1.42. The SMILES string of the molecule is CCNC(=NC)Nc1nc(-c2cccc(F)c2Oc2ccc(C)cc2)cs1. The van der Waals surface area contributed by atoms with Crippen molar-refractivity contribution in [3.8, 4) is 22.8 Å². The number of para-hydroxylation sites is 1. The highest BCUT2D eigenvalue weighted by molar-refractivity contribution is 7.14. The quantitative estimate of drug-likeness (QED) is 0.477. The Hall–Kier alpha value is -2.93. The fourth-order valence-electron chi connectivity index (χ4n) is 2.44. The van der Waals surface area contributed by atoms with Gasteiger partial charge in [0.15, 0.2) is 22.7 Å². The molecule has 3 aromatic rings. The van der Waals surface area contributed by atoms with Crippen molar-refractivity contribution >= 4 is 22.4 Å². The third-order valence-electron chi connectivity index (χ3n) is 3.78. The molecule has 0 bridgehead atoms. The molecule has 140 valence electrons. The first-order valence-electron chi connectivity index (χ1n) is 8.57. The molecule has 7 heteroatoms. The monoisotopic (exact) mass is 384 g/mol. The van der Waals surface area contributed by atoms with Crippen molar-refractivity contribution in [2.75, 3.05) is 18.9 Å². The summed E-state index contributed by atoms with van der Waals surface area (Å²) in [5.41, 5.74) is 2.34. The Morgan fingerprint density at radius 1 is 1.22 bits per heavy atom. The summed E-state index contributed by atoms with van der Waals surface area (Å²) < 4.78 is 20.3. The lowest BCUT2D eigenvalue weighted by Gasteiger charge is -2.11. The number of ether oxygens (including phenoxy) is 1. The molecule has 0 aliphatic rings. The van der Waals surface area contributed by atoms with Crippen LogP contribution in [0.4, 0.5) is 9.52 Å². The molecule has 0 aliphatic heterocycles. The minimum absolute atomic E-state index is 0.161. The number of aryl methyl sites for hydroxylation is 1. The lowest BCUT2D eigenvalue weighted by atomic mass is 10.1. The first-order chi connectivity index (χ1) is 13.1. The molecule has 2 aromatic carbocycles. The average Bonchev–Trinajstić information content (AvgIpc) is 3.13. The van der Waals surface area contributed by atoms with Crippen LogP contribution in [0.1, 0.15) is 12.5 Å². The van der Waals surface area contributed by atoms with Gasteiger partial charge in [0.1, 0.15) is 5.75 Å². The van der Waals surface area contributed by atoms with E-state index in [-0.39, 0.29) is 5.75 Å². The van der Waals surface area contributed by atoms with Crippen molar-refractivity contribution in [1.29, 1.82) is 0 Å². The van der Waals surface area contributed by atoms with Crippen molar-refractivity contribution < 1.29 is 9.13 Å². The Balaban J connectivity index is 1.89. The Kier molecular flexibility index (Phi) is 6.03. The van der Waals surface area contributed by atoms with Gasteiger partial charge in [0.25, 0.3) is 0 Å². The third kappa shape index (κ3) is 4.62. The molecule has 0 saturated carbocycles. The van der Waals surface area contributed by atoms with Crippen molar-refractivity contribution in [3.05, 3.63) is 59.2 Å². The lowest BCUT2D eigenvalue weighted by Crippen LogP contribution is -2.30. The fraction of sp³-hybridized carbons (Fsp3) is 0.200. The Morgan fingerprint density at radius 3 is 2.70 bits per heavy atom. The van der Waals surface area contributed by atoms with Gasteiger partial charge in [0, 0.05) is 24.5 Å². The number of nitrogens with zero attached hydrogens (tertiary/aromatic N) is 2. The summed E-state index contributed by atoms with van der Waals surface area (Å²) in [6, 6.07) is 12.3. The number of hydrogen-bond donors (Lipinski definition) is 2. The zero-order valence-electron chi connectivity index (χ0n) is 15.4. The summed E-state index contributed by atoms with van der Waals surface area (Å²) in [6.07, 6.45) is 0. The average molecular weight is 384 g/mol. The second kappa shape index (κ2) is 8.64. The Bertz CT molecular complexity index is 937. The van der Waals surface area contributed by atoms with Crippen LogP contribution >= 0.6 is 11.3 Å². The van der Waals surface area contributed by atoms with Crippen LogP contribution in [0, 0.1) is 12.7 Å². The van der Waals surface area contributed by atoms with Crippen LogP contribution in [0.25, 0.3) is 11.3 Å². The van der Waals surface area contributed by atoms with E-state index < -0.39 is 5.82 Å². The van der Waals surface area contributed by atoms with Gasteiger partial charge < -0.3 is 15.4 Å². The second-order valence-electron chi connectivity index (χ2n) is 5.80. The largest absolute Gasteiger partial charge is 0.454 e. The molecule has 27 heavy (non-hydrogen) atoms. The number of guanidine groups is 1. The van der Waals surface area contributed by atoms with E-state index in [1.807, 2.05) is 43.5 Å². The maximum atomic E-state index is 14.5. The first-order valence-corrected chi connectivity index (χ1v) is 9.45. The van der Waals surface area contributed by atoms with Crippen LogP contribution in [-0.2, 0) is 0 Å². The van der Waals surface area contributed by atoms with E-state index in [1.54, 1.807) is 19.2 Å². The molecule has 0 aliphatic carbocycles. The number of benzene rings is 2. The van der Waals surface area contributed by atoms with Gasteiger partial charge in [0.2, 0.25) is 0 Å². The number of aliphatic imine (C=N–C) groups is 1. The molecule has 0 spiro atoms. The van der Waals surface area contributed by atoms with Crippen molar-refractivity contribution in [3.63, 3.8) is 0 Å². The molecular formula is C20H21FN4OS. The maximum Gasteiger partial charge on any atom is 0.197 e. The zero-order valence-corrected chi connectivity index (χ0v) is 16.2. The minimum atomic E-state index is -0.431. The van der Waals surface area contributed by atoms with E-state index in [2.05, 4.69) is 20.6 Å². The molecule has 0 amide bonds. The molecule has 1 heterocycles. The number of halogens is 1. The Labute approximate surface area is 162 Å². The van der Waals surface area contributed by atoms with E-state index in [0.717, 1.165) is 12.1 Å². The molecule has 3 rings (SSSR count). The molecular weight excluding hydrogens is 363 g/mol. The van der Waals surface area contributed by atoms with Crippen LogP contribution in [0.5, 0.6) is 11.5 Å². The predicted molar refractivity (Wildman–Crippen MR) is 109 cm³/mol. The van der Waals surface area contributed by atoms with E-state index >= 15 is 0 Å². The predicted octanol–water partition coefficient (Wildman–Crippen LogP) is 5.06. The Morgan fingerprint density at radius 2 is 2.00 bits per heavy atom. The van der Waals surface area contributed by atoms with Gasteiger partial charge in [-0.3, -0.25) is 4.99 Å². The number of nitrogens with one attached hydrogen (secondary N) is 2. The fourth-order valence-corrected chi connectivity index (χ4v) is 3.15. The van der Waals surface area contributed by atoms with E-state index in [9.17, 15) is 4.39 Å². The topological polar surface area (TPSA) is 58.5 Å². The van der Waals surface area contributed by atoms with Gasteiger partial charge in [-0.1, -0.05) is 23.8 Å². The minimum Gasteiger partial charge on any atom is -0.454 e. The third-order valence-corrected chi connectivity index (χ3v) is 4.54. The normalized spacial score (nSPS) is 11.3. The highest BCUT2D eigenvalue weighted by Gasteiger charge is 2.16. The molecule has 0 atom stereocenters. The van der Waals surface area contributed by atoms with Crippen LogP contribution in [0.3, 0.4) is 0 Å². The summed E-state index contributed by atoms with van der Waals surface area (Å²) in [4.78, 5) is 8.67. The number of rotatable bonds is 5. The smallest absolute Gasteiger partial charge is 0.197 e. The number of hydrogen-bond acceptors (Lipinski definition) is 4. The van der Waals surface area contributed by atoms with Gasteiger partial charge >= 0.3 is 0 Å². The van der Waals surface area contributed by atoms with Crippen LogP contribution in [0.15, 0.2) is 52.8 Å².